The molecule has 31 heavy (non-hydrogen) atoms. The van der Waals surface area contributed by atoms with E-state index in [1.54, 1.807) is 6.33 Å². The minimum atomic E-state index is -0.400. The number of carbonyl (C=O) groups excluding carboxylic acids is 1. The summed E-state index contributed by atoms with van der Waals surface area (Å²) >= 11 is 0. The molecule has 0 bridgehead atoms. The Kier molecular flexibility index (Phi) is 5.79. The molecular weight excluding hydrogens is 396 g/mol. The van der Waals surface area contributed by atoms with E-state index in [0.717, 1.165) is 38.9 Å². The van der Waals surface area contributed by atoms with Crippen molar-refractivity contribution >= 4 is 40.0 Å². The summed E-state index contributed by atoms with van der Waals surface area (Å²) in [6, 6.07) is 9.81. The molecule has 0 spiro atoms. The molecule has 0 radical (unpaired) electrons. The Morgan fingerprint density at radius 2 is 2.26 bits per heavy atom. The standard InChI is InChI=1S/C22H24N6O3/c1-23-22-19-20(28(2)12-25-19)16-8-17(26-21(16)27-22)14-6-4-5-13(7-14)15(10-29)9-24-18(30)11-31-3/h4-9,12,15,29H,10-11H2,1-3H3,(H2,23,26,27). The number of pyridine rings is 1. The summed E-state index contributed by atoms with van der Waals surface area (Å²) in [5.41, 5.74) is 5.24. The van der Waals surface area contributed by atoms with Crippen molar-refractivity contribution in [3.8, 4) is 11.3 Å². The number of aliphatic hydroxyl groups is 1. The second kappa shape index (κ2) is 8.66. The van der Waals surface area contributed by atoms with Crippen molar-refractivity contribution in [1.82, 2.24) is 19.5 Å². The normalized spacial score (nSPS) is 12.8. The molecule has 3 aromatic heterocycles. The van der Waals surface area contributed by atoms with Crippen LogP contribution in [0, 0.1) is 0 Å². The molecule has 1 atom stereocenters. The average molecular weight is 420 g/mol. The highest BCUT2D eigenvalue weighted by atomic mass is 16.5. The van der Waals surface area contributed by atoms with E-state index in [2.05, 4.69) is 31.3 Å². The molecule has 0 aliphatic carbocycles. The Bertz CT molecular complexity index is 1270. The second-order valence-corrected chi connectivity index (χ2v) is 7.23. The highest BCUT2D eigenvalue weighted by molar-refractivity contribution is 6.07. The van der Waals surface area contributed by atoms with Crippen molar-refractivity contribution in [2.75, 3.05) is 32.7 Å². The topological polar surface area (TPSA) is 117 Å². The third-order valence-electron chi connectivity index (χ3n) is 5.16. The van der Waals surface area contributed by atoms with Crippen LogP contribution in [0.3, 0.4) is 0 Å². The van der Waals surface area contributed by atoms with Gasteiger partial charge in [0.25, 0.3) is 5.91 Å². The zero-order chi connectivity index (χ0) is 22.0. The first-order valence-corrected chi connectivity index (χ1v) is 9.84. The number of H-pyrrole nitrogens is 1. The number of imidazole rings is 1. The lowest BCUT2D eigenvalue weighted by molar-refractivity contribution is -0.121. The lowest BCUT2D eigenvalue weighted by Gasteiger charge is -2.10. The summed E-state index contributed by atoms with van der Waals surface area (Å²) in [6.45, 7) is -0.253. The van der Waals surface area contributed by atoms with Crippen LogP contribution in [-0.4, -0.2) is 64.1 Å². The number of benzene rings is 1. The number of aryl methyl sites for hydroxylation is 1. The van der Waals surface area contributed by atoms with E-state index in [1.165, 1.54) is 13.3 Å². The molecular formula is C22H24N6O3. The molecule has 0 fully saturated rings. The van der Waals surface area contributed by atoms with E-state index in [0.29, 0.717) is 5.82 Å². The van der Waals surface area contributed by atoms with Gasteiger partial charge in [-0.1, -0.05) is 18.2 Å². The number of rotatable bonds is 7. The van der Waals surface area contributed by atoms with Crippen molar-refractivity contribution in [1.29, 1.82) is 0 Å². The van der Waals surface area contributed by atoms with Gasteiger partial charge in [-0.3, -0.25) is 4.79 Å². The van der Waals surface area contributed by atoms with Crippen LogP contribution < -0.4 is 5.32 Å². The monoisotopic (exact) mass is 420 g/mol. The number of aromatic nitrogens is 4. The summed E-state index contributed by atoms with van der Waals surface area (Å²) in [7, 11) is 5.22. The number of amides is 1. The number of nitrogens with one attached hydrogen (secondary N) is 2. The minimum Gasteiger partial charge on any atom is -0.395 e. The van der Waals surface area contributed by atoms with E-state index < -0.39 is 5.92 Å². The van der Waals surface area contributed by atoms with Crippen LogP contribution in [0.1, 0.15) is 11.5 Å². The number of aromatic amines is 1. The summed E-state index contributed by atoms with van der Waals surface area (Å²) in [5.74, 6) is -0.0789. The lowest BCUT2D eigenvalue weighted by Crippen LogP contribution is -2.09. The molecule has 1 amide bonds. The van der Waals surface area contributed by atoms with Crippen molar-refractivity contribution in [2.45, 2.75) is 5.92 Å². The molecule has 0 aliphatic heterocycles. The maximum atomic E-state index is 11.6. The van der Waals surface area contributed by atoms with E-state index in [1.807, 2.05) is 42.9 Å². The number of anilines is 1. The molecule has 3 N–H and O–H groups in total. The van der Waals surface area contributed by atoms with Gasteiger partial charge in [0.2, 0.25) is 0 Å². The number of nitrogens with zero attached hydrogens (tertiary/aromatic N) is 4. The van der Waals surface area contributed by atoms with Crippen LogP contribution >= 0.6 is 0 Å². The Hall–Kier alpha value is -3.56. The maximum absolute atomic E-state index is 11.6. The van der Waals surface area contributed by atoms with Gasteiger partial charge in [0.1, 0.15) is 17.8 Å². The average Bonchev–Trinajstić information content (AvgIpc) is 3.37. The van der Waals surface area contributed by atoms with Crippen molar-refractivity contribution in [3.63, 3.8) is 0 Å². The Labute approximate surface area is 178 Å². The molecule has 4 aromatic rings. The van der Waals surface area contributed by atoms with Gasteiger partial charge >= 0.3 is 0 Å². The molecule has 9 heteroatoms. The number of carbonyl (C=O) groups is 1. The second-order valence-electron chi connectivity index (χ2n) is 7.23. The summed E-state index contributed by atoms with van der Waals surface area (Å²) in [5, 5.41) is 13.9. The summed E-state index contributed by atoms with van der Waals surface area (Å²) in [6.07, 6.45) is 3.24. The first kappa shape index (κ1) is 20.7. The van der Waals surface area contributed by atoms with Crippen LogP contribution in [0.25, 0.3) is 33.3 Å². The molecule has 3 heterocycles. The van der Waals surface area contributed by atoms with Crippen molar-refractivity contribution < 1.29 is 14.6 Å². The molecule has 9 nitrogen and oxygen atoms in total. The van der Waals surface area contributed by atoms with Gasteiger partial charge in [-0.25, -0.2) is 15.0 Å². The Morgan fingerprint density at radius 3 is 3.00 bits per heavy atom. The highest BCUT2D eigenvalue weighted by Gasteiger charge is 2.16. The van der Waals surface area contributed by atoms with Gasteiger partial charge in [0.05, 0.1) is 18.5 Å². The number of aliphatic hydroxyl groups excluding tert-OH is 1. The first-order chi connectivity index (χ1) is 15.0. The van der Waals surface area contributed by atoms with E-state index in [9.17, 15) is 9.90 Å². The Balaban J connectivity index is 1.74. The van der Waals surface area contributed by atoms with Gasteiger partial charge in [0.15, 0.2) is 5.82 Å². The number of hydrogen-bond acceptors (Lipinski definition) is 6. The lowest BCUT2D eigenvalue weighted by atomic mass is 9.98. The molecule has 160 valence electrons. The first-order valence-electron chi connectivity index (χ1n) is 9.84. The number of aliphatic imine (C=N–C) groups is 1. The smallest absolute Gasteiger partial charge is 0.271 e. The zero-order valence-corrected chi connectivity index (χ0v) is 17.6. The molecule has 0 saturated heterocycles. The van der Waals surface area contributed by atoms with Crippen LogP contribution in [0.5, 0.6) is 0 Å². The van der Waals surface area contributed by atoms with Crippen molar-refractivity contribution in [2.24, 2.45) is 12.0 Å². The number of ether oxygens (including phenoxy) is 1. The fourth-order valence-electron chi connectivity index (χ4n) is 3.64. The summed E-state index contributed by atoms with van der Waals surface area (Å²) < 4.78 is 6.76. The molecule has 1 unspecified atom stereocenters. The number of fused-ring (bicyclic) bond motifs is 3. The van der Waals surface area contributed by atoms with Gasteiger partial charge in [-0.15, -0.1) is 0 Å². The van der Waals surface area contributed by atoms with Crippen molar-refractivity contribution in [3.05, 3.63) is 42.2 Å². The van der Waals surface area contributed by atoms with Crippen LogP contribution in [0.2, 0.25) is 0 Å². The Morgan fingerprint density at radius 1 is 1.42 bits per heavy atom. The van der Waals surface area contributed by atoms with Gasteiger partial charge in [0, 0.05) is 44.4 Å². The molecule has 0 aliphatic rings. The SMILES string of the molecule is CNc1nc2[nH]c(-c3cccc(C(C=NC(=O)COC)CO)c3)cc2c2c1ncn2C. The van der Waals surface area contributed by atoms with Gasteiger partial charge < -0.3 is 24.7 Å². The van der Waals surface area contributed by atoms with Crippen LogP contribution in [0.4, 0.5) is 5.82 Å². The molecule has 0 saturated carbocycles. The predicted octanol–water partition coefficient (Wildman–Crippen LogP) is 2.48. The summed E-state index contributed by atoms with van der Waals surface area (Å²) in [4.78, 5) is 28.0. The molecule has 1 aromatic carbocycles. The predicted molar refractivity (Wildman–Crippen MR) is 121 cm³/mol. The maximum Gasteiger partial charge on any atom is 0.271 e. The third-order valence-corrected chi connectivity index (χ3v) is 5.16. The third kappa shape index (κ3) is 3.92. The minimum absolute atomic E-state index is 0.0894. The quantitative estimate of drug-likeness (QED) is 0.396. The van der Waals surface area contributed by atoms with Crippen LogP contribution in [-0.2, 0) is 16.6 Å². The fraction of sp³-hybridized carbons (Fsp3) is 0.273. The van der Waals surface area contributed by atoms with E-state index in [4.69, 9.17) is 4.74 Å². The van der Waals surface area contributed by atoms with E-state index in [-0.39, 0.29) is 19.1 Å². The van der Waals surface area contributed by atoms with Crippen LogP contribution in [0.15, 0.2) is 41.7 Å². The van der Waals surface area contributed by atoms with E-state index >= 15 is 0 Å². The molecule has 4 rings (SSSR count). The van der Waals surface area contributed by atoms with Gasteiger partial charge in [-0.05, 0) is 23.3 Å². The zero-order valence-electron chi connectivity index (χ0n) is 17.6. The largest absolute Gasteiger partial charge is 0.395 e. The fourth-order valence-corrected chi connectivity index (χ4v) is 3.64. The number of methoxy groups -OCH3 is 1. The van der Waals surface area contributed by atoms with Gasteiger partial charge in [-0.2, -0.15) is 0 Å². The number of hydrogen-bond donors (Lipinski definition) is 3. The highest BCUT2D eigenvalue weighted by Crippen LogP contribution is 2.32.